The molecule has 266 valence electrons. The lowest BCUT2D eigenvalue weighted by Gasteiger charge is -2.25. The van der Waals surface area contributed by atoms with E-state index in [1.54, 1.807) is 86.6 Å². The van der Waals surface area contributed by atoms with Crippen LogP contribution in [0.25, 0.3) is 0 Å². The number of rotatable bonds is 8. The summed E-state index contributed by atoms with van der Waals surface area (Å²) in [6.45, 7) is 15.0. The zero-order valence-electron chi connectivity index (χ0n) is 29.2. The number of hydrogen-bond donors (Lipinski definition) is 2. The number of alkyl carbamates (subject to hydrolysis) is 2. The fourth-order valence-corrected chi connectivity index (χ4v) is 6.35. The van der Waals surface area contributed by atoms with Gasteiger partial charge in [0.1, 0.15) is 27.6 Å². The first-order chi connectivity index (χ1) is 22.6. The van der Waals surface area contributed by atoms with Gasteiger partial charge in [-0.15, -0.1) is 11.3 Å². The Morgan fingerprint density at radius 1 is 0.796 bits per heavy atom. The number of esters is 1. The van der Waals surface area contributed by atoms with Crippen LogP contribution in [-0.4, -0.2) is 61.4 Å². The third-order valence-corrected chi connectivity index (χ3v) is 8.48. The molecule has 0 radical (unpaired) electrons. The standard InChI is InChI=1S/C33H43N5O9S2/c1-31(2,3)45-27(39)25-26(48-20-34-25)38(19-21-11-15-23(44-10)16-12-21)49(42,43)24-17-13-22(14-18-24)35-28(36-29(40)46-32(4,5)6)37-30(41)47-33(7,8)9/h11-18,20H,19H2,1-10H3,(H2,35,36,37,40,41). The number of amides is 2. The van der Waals surface area contributed by atoms with E-state index in [1.165, 1.54) is 36.9 Å². The largest absolute Gasteiger partial charge is 0.497 e. The number of anilines is 1. The molecule has 2 N–H and O–H groups in total. The number of nitrogens with zero attached hydrogens (tertiary/aromatic N) is 3. The van der Waals surface area contributed by atoms with Crippen molar-refractivity contribution in [1.29, 1.82) is 0 Å². The molecule has 0 aliphatic carbocycles. The van der Waals surface area contributed by atoms with E-state index < -0.39 is 45.0 Å². The Bertz CT molecular complexity index is 1730. The number of hydrogen-bond acceptors (Lipinski definition) is 12. The van der Waals surface area contributed by atoms with E-state index in [1.807, 2.05) is 0 Å². The van der Waals surface area contributed by atoms with E-state index in [9.17, 15) is 22.8 Å². The minimum atomic E-state index is -4.32. The summed E-state index contributed by atoms with van der Waals surface area (Å²) < 4.78 is 50.9. The third kappa shape index (κ3) is 12.0. The second-order valence-corrected chi connectivity index (χ2v) is 16.3. The number of aliphatic imine (C=N–C) groups is 1. The first-order valence-corrected chi connectivity index (χ1v) is 17.4. The molecule has 0 fully saturated rings. The van der Waals surface area contributed by atoms with Crippen molar-refractivity contribution < 1.29 is 41.7 Å². The SMILES string of the molecule is COc1ccc(CN(c2scnc2C(=O)OC(C)(C)C)S(=O)(=O)c2ccc(N=C(NC(=O)OC(C)(C)C)NC(=O)OC(C)(C)C)cc2)cc1. The Morgan fingerprint density at radius 2 is 1.31 bits per heavy atom. The van der Waals surface area contributed by atoms with E-state index in [0.717, 1.165) is 15.6 Å². The van der Waals surface area contributed by atoms with E-state index in [0.29, 0.717) is 11.3 Å². The van der Waals surface area contributed by atoms with Gasteiger partial charge in [-0.3, -0.25) is 14.9 Å². The molecule has 0 aliphatic heterocycles. The lowest BCUT2D eigenvalue weighted by atomic mass is 10.2. The molecule has 2 amide bonds. The van der Waals surface area contributed by atoms with Crippen LogP contribution in [0.15, 0.2) is 63.9 Å². The second-order valence-electron chi connectivity index (χ2n) is 13.6. The Hall–Kier alpha value is -4.70. The monoisotopic (exact) mass is 717 g/mol. The molecule has 2 aromatic carbocycles. The number of nitrogens with one attached hydrogen (secondary N) is 2. The van der Waals surface area contributed by atoms with Crippen LogP contribution in [0.5, 0.6) is 5.75 Å². The van der Waals surface area contributed by atoms with Crippen molar-refractivity contribution in [2.24, 2.45) is 4.99 Å². The molecule has 1 heterocycles. The minimum Gasteiger partial charge on any atom is -0.497 e. The Kier molecular flexibility index (Phi) is 12.1. The van der Waals surface area contributed by atoms with Crippen LogP contribution >= 0.6 is 11.3 Å². The molecular weight excluding hydrogens is 675 g/mol. The van der Waals surface area contributed by atoms with Crippen LogP contribution < -0.4 is 19.7 Å². The number of methoxy groups -OCH3 is 1. The lowest BCUT2D eigenvalue weighted by Crippen LogP contribution is -2.47. The first-order valence-electron chi connectivity index (χ1n) is 15.1. The summed E-state index contributed by atoms with van der Waals surface area (Å²) in [7, 11) is -2.80. The van der Waals surface area contributed by atoms with Crippen molar-refractivity contribution in [3.8, 4) is 5.75 Å². The first kappa shape index (κ1) is 38.7. The number of aromatic nitrogens is 1. The Labute approximate surface area is 290 Å². The summed E-state index contributed by atoms with van der Waals surface area (Å²) in [5.41, 5.74) is -0.505. The molecule has 49 heavy (non-hydrogen) atoms. The number of thiazole rings is 1. The summed E-state index contributed by atoms with van der Waals surface area (Å²) >= 11 is 0.975. The zero-order chi connectivity index (χ0) is 36.8. The third-order valence-electron chi connectivity index (χ3n) is 5.76. The van der Waals surface area contributed by atoms with Crippen LogP contribution in [0.2, 0.25) is 0 Å². The number of sulfonamides is 1. The number of carbonyl (C=O) groups excluding carboxylic acids is 3. The molecule has 1 aromatic heterocycles. The maximum Gasteiger partial charge on any atom is 0.414 e. The fraction of sp³-hybridized carbons (Fsp3) is 0.424. The quantitative estimate of drug-likeness (QED) is 0.113. The van der Waals surface area contributed by atoms with Gasteiger partial charge in [0.05, 0.1) is 29.7 Å². The highest BCUT2D eigenvalue weighted by molar-refractivity contribution is 7.93. The van der Waals surface area contributed by atoms with Gasteiger partial charge in [0, 0.05) is 0 Å². The molecule has 0 saturated heterocycles. The molecule has 0 aliphatic rings. The Balaban J connectivity index is 2.02. The molecule has 3 aromatic rings. The average Bonchev–Trinajstić information content (AvgIpc) is 3.43. The summed E-state index contributed by atoms with van der Waals surface area (Å²) in [5.74, 6) is -0.499. The number of ether oxygens (including phenoxy) is 4. The van der Waals surface area contributed by atoms with Gasteiger partial charge in [-0.25, -0.2) is 32.8 Å². The summed E-state index contributed by atoms with van der Waals surface area (Å²) in [4.78, 5) is 46.4. The van der Waals surface area contributed by atoms with E-state index in [-0.39, 0.29) is 33.8 Å². The van der Waals surface area contributed by atoms with Gasteiger partial charge < -0.3 is 18.9 Å². The van der Waals surface area contributed by atoms with Crippen LogP contribution in [0.1, 0.15) is 78.4 Å². The van der Waals surface area contributed by atoms with Crippen LogP contribution in [0.3, 0.4) is 0 Å². The summed E-state index contributed by atoms with van der Waals surface area (Å²) in [5, 5.41) is 4.83. The van der Waals surface area contributed by atoms with Gasteiger partial charge >= 0.3 is 18.2 Å². The molecule has 0 atom stereocenters. The molecule has 0 spiro atoms. The van der Waals surface area contributed by atoms with Crippen LogP contribution in [-0.2, 0) is 30.8 Å². The maximum atomic E-state index is 14.3. The smallest absolute Gasteiger partial charge is 0.414 e. The summed E-state index contributed by atoms with van der Waals surface area (Å²) in [6.07, 6.45) is -1.78. The van der Waals surface area contributed by atoms with Crippen molar-refractivity contribution >= 4 is 56.2 Å². The van der Waals surface area contributed by atoms with Gasteiger partial charge in [0.25, 0.3) is 10.0 Å². The van der Waals surface area contributed by atoms with Gasteiger partial charge in [-0.1, -0.05) is 12.1 Å². The van der Waals surface area contributed by atoms with Gasteiger partial charge in [0.15, 0.2) is 5.69 Å². The van der Waals surface area contributed by atoms with E-state index in [4.69, 9.17) is 18.9 Å². The normalized spacial score (nSPS) is 12.0. The Morgan fingerprint density at radius 3 is 1.78 bits per heavy atom. The van der Waals surface area contributed by atoms with Crippen LogP contribution in [0, 0.1) is 0 Å². The highest BCUT2D eigenvalue weighted by Gasteiger charge is 2.33. The van der Waals surface area contributed by atoms with Gasteiger partial charge in [0.2, 0.25) is 5.96 Å². The maximum absolute atomic E-state index is 14.3. The van der Waals surface area contributed by atoms with Crippen molar-refractivity contribution in [2.75, 3.05) is 11.4 Å². The highest BCUT2D eigenvalue weighted by Crippen LogP contribution is 2.34. The highest BCUT2D eigenvalue weighted by atomic mass is 32.2. The summed E-state index contributed by atoms with van der Waals surface area (Å²) in [6, 6.07) is 12.2. The predicted molar refractivity (Wildman–Crippen MR) is 186 cm³/mol. The number of carbonyl (C=O) groups is 3. The fourth-order valence-electron chi connectivity index (χ4n) is 3.88. The van der Waals surface area contributed by atoms with E-state index >= 15 is 0 Å². The lowest BCUT2D eigenvalue weighted by molar-refractivity contribution is 0.00640. The van der Waals surface area contributed by atoms with Crippen molar-refractivity contribution in [1.82, 2.24) is 15.6 Å². The van der Waals surface area contributed by atoms with Crippen LogP contribution in [0.4, 0.5) is 20.3 Å². The number of benzene rings is 2. The molecular formula is C33H43N5O9S2. The molecule has 3 rings (SSSR count). The zero-order valence-corrected chi connectivity index (χ0v) is 30.9. The molecule has 14 nitrogen and oxygen atoms in total. The molecule has 0 saturated carbocycles. The van der Waals surface area contributed by atoms with Crippen molar-refractivity contribution in [3.05, 3.63) is 65.3 Å². The minimum absolute atomic E-state index is 0.0672. The van der Waals surface area contributed by atoms with Crippen molar-refractivity contribution in [3.63, 3.8) is 0 Å². The van der Waals surface area contributed by atoms with Crippen molar-refractivity contribution in [2.45, 2.75) is 90.6 Å². The molecule has 0 unspecified atom stereocenters. The number of guanidine groups is 1. The molecule has 0 bridgehead atoms. The van der Waals surface area contributed by atoms with Gasteiger partial charge in [-0.2, -0.15) is 0 Å². The topological polar surface area (TPSA) is 175 Å². The second kappa shape index (κ2) is 15.2. The predicted octanol–water partition coefficient (Wildman–Crippen LogP) is 6.54. The van der Waals surface area contributed by atoms with Gasteiger partial charge in [-0.05, 0) is 104 Å². The van der Waals surface area contributed by atoms with E-state index in [2.05, 4.69) is 20.6 Å². The molecule has 16 heteroatoms. The average molecular weight is 718 g/mol.